The third kappa shape index (κ3) is 4.20. The zero-order valence-electron chi connectivity index (χ0n) is 8.46. The summed E-state index contributed by atoms with van der Waals surface area (Å²) in [7, 11) is 4.12. The molecule has 3 nitrogen and oxygen atoms in total. The van der Waals surface area contributed by atoms with E-state index in [-0.39, 0.29) is 0 Å². The predicted molar refractivity (Wildman–Crippen MR) is 50.6 cm³/mol. The molecule has 0 bridgehead atoms. The lowest BCUT2D eigenvalue weighted by atomic mass is 10.1. The minimum absolute atomic E-state index is 0.326. The minimum Gasteiger partial charge on any atom is -0.321 e. The zero-order valence-corrected chi connectivity index (χ0v) is 8.46. The largest absolute Gasteiger partial charge is 0.321 e. The highest BCUT2D eigenvalue weighted by Gasteiger charge is 2.11. The maximum Gasteiger partial charge on any atom is 0.176 e. The van der Waals surface area contributed by atoms with Crippen LogP contribution in [0, 0.1) is 11.5 Å². The maximum absolute atomic E-state index is 8.44. The summed E-state index contributed by atoms with van der Waals surface area (Å²) in [5.41, 5.74) is 0. The standard InChI is InChI=1S/C9H19N3/c1-5-9(11-7-10)6-8(2)12(3)4/h8-9,11H,5-6H2,1-4H3. The van der Waals surface area contributed by atoms with Crippen molar-refractivity contribution >= 4 is 0 Å². The number of hydrogen-bond donors (Lipinski definition) is 1. The number of hydrogen-bond acceptors (Lipinski definition) is 3. The Labute approximate surface area is 75.4 Å². The molecule has 0 rings (SSSR count). The second kappa shape index (κ2) is 5.84. The summed E-state index contributed by atoms with van der Waals surface area (Å²) in [6.45, 7) is 4.26. The minimum atomic E-state index is 0.326. The van der Waals surface area contributed by atoms with E-state index in [9.17, 15) is 0 Å². The third-order valence-corrected chi connectivity index (χ3v) is 2.27. The average molecular weight is 169 g/mol. The Hall–Kier alpha value is -0.750. The number of nitrogens with zero attached hydrogens (tertiary/aromatic N) is 2. The fourth-order valence-corrected chi connectivity index (χ4v) is 1.04. The van der Waals surface area contributed by atoms with Gasteiger partial charge in [-0.2, -0.15) is 5.26 Å². The molecule has 0 aromatic carbocycles. The highest BCUT2D eigenvalue weighted by atomic mass is 15.1. The van der Waals surface area contributed by atoms with Crippen molar-refractivity contribution in [3.05, 3.63) is 0 Å². The van der Waals surface area contributed by atoms with Crippen molar-refractivity contribution in [2.45, 2.75) is 38.8 Å². The van der Waals surface area contributed by atoms with Crippen LogP contribution in [-0.2, 0) is 0 Å². The molecule has 0 saturated heterocycles. The van der Waals surface area contributed by atoms with Gasteiger partial charge < -0.3 is 10.2 Å². The summed E-state index contributed by atoms with van der Waals surface area (Å²) in [5.74, 6) is 0. The molecule has 0 aliphatic carbocycles. The summed E-state index contributed by atoms with van der Waals surface area (Å²) in [6, 6.07) is 0.850. The van der Waals surface area contributed by atoms with Gasteiger partial charge in [-0.3, -0.25) is 0 Å². The maximum atomic E-state index is 8.44. The van der Waals surface area contributed by atoms with E-state index < -0.39 is 0 Å². The molecule has 0 amide bonds. The first-order chi connectivity index (χ1) is 5.61. The van der Waals surface area contributed by atoms with E-state index >= 15 is 0 Å². The molecular formula is C9H19N3. The van der Waals surface area contributed by atoms with Crippen LogP contribution < -0.4 is 5.32 Å². The van der Waals surface area contributed by atoms with E-state index in [1.165, 1.54) is 0 Å². The van der Waals surface area contributed by atoms with Crippen LogP contribution in [0.25, 0.3) is 0 Å². The van der Waals surface area contributed by atoms with Crippen molar-refractivity contribution in [1.82, 2.24) is 10.2 Å². The van der Waals surface area contributed by atoms with Crippen LogP contribution in [-0.4, -0.2) is 31.1 Å². The Kier molecular flexibility index (Phi) is 5.48. The fourth-order valence-electron chi connectivity index (χ4n) is 1.04. The summed E-state index contributed by atoms with van der Waals surface area (Å²) in [4.78, 5) is 2.17. The molecule has 1 N–H and O–H groups in total. The number of nitriles is 1. The van der Waals surface area contributed by atoms with Gasteiger partial charge in [0.25, 0.3) is 0 Å². The van der Waals surface area contributed by atoms with Gasteiger partial charge in [0.1, 0.15) is 0 Å². The molecule has 12 heavy (non-hydrogen) atoms. The third-order valence-electron chi connectivity index (χ3n) is 2.27. The topological polar surface area (TPSA) is 39.1 Å². The van der Waals surface area contributed by atoms with Gasteiger partial charge in [-0.25, -0.2) is 0 Å². The van der Waals surface area contributed by atoms with Gasteiger partial charge >= 0.3 is 0 Å². The second-order valence-corrected chi connectivity index (χ2v) is 3.41. The lowest BCUT2D eigenvalue weighted by molar-refractivity contribution is 0.274. The van der Waals surface area contributed by atoms with Crippen molar-refractivity contribution < 1.29 is 0 Å². The van der Waals surface area contributed by atoms with Gasteiger partial charge in [0.05, 0.1) is 0 Å². The predicted octanol–water partition coefficient (Wildman–Crippen LogP) is 1.18. The van der Waals surface area contributed by atoms with Crippen molar-refractivity contribution in [2.24, 2.45) is 0 Å². The van der Waals surface area contributed by atoms with Crippen LogP contribution in [0.4, 0.5) is 0 Å². The molecule has 0 heterocycles. The Bertz CT molecular complexity index is 148. The summed E-state index contributed by atoms with van der Waals surface area (Å²) < 4.78 is 0. The molecule has 0 saturated carbocycles. The highest BCUT2D eigenvalue weighted by molar-refractivity contribution is 4.78. The summed E-state index contributed by atoms with van der Waals surface area (Å²) in [6.07, 6.45) is 4.03. The van der Waals surface area contributed by atoms with E-state index in [1.54, 1.807) is 0 Å². The lowest BCUT2D eigenvalue weighted by Gasteiger charge is -2.23. The molecule has 0 aliphatic heterocycles. The van der Waals surface area contributed by atoms with Crippen LogP contribution in [0.3, 0.4) is 0 Å². The van der Waals surface area contributed by atoms with Crippen molar-refractivity contribution in [1.29, 1.82) is 5.26 Å². The van der Waals surface area contributed by atoms with E-state index in [0.717, 1.165) is 12.8 Å². The molecule has 0 aliphatic rings. The molecule has 2 unspecified atom stereocenters. The van der Waals surface area contributed by atoms with Gasteiger partial charge in [0.15, 0.2) is 6.19 Å². The van der Waals surface area contributed by atoms with Crippen molar-refractivity contribution in [2.75, 3.05) is 14.1 Å². The normalized spacial score (nSPS) is 15.3. The highest BCUT2D eigenvalue weighted by Crippen LogP contribution is 2.05. The molecule has 0 fully saturated rings. The molecule has 0 spiro atoms. The molecular weight excluding hydrogens is 150 g/mol. The molecule has 0 radical (unpaired) electrons. The lowest BCUT2D eigenvalue weighted by Crippen LogP contribution is -2.34. The first-order valence-electron chi connectivity index (χ1n) is 4.42. The molecule has 0 aromatic rings. The van der Waals surface area contributed by atoms with E-state index in [0.29, 0.717) is 12.1 Å². The van der Waals surface area contributed by atoms with E-state index in [4.69, 9.17) is 5.26 Å². The van der Waals surface area contributed by atoms with Crippen molar-refractivity contribution in [3.63, 3.8) is 0 Å². The van der Waals surface area contributed by atoms with E-state index in [2.05, 4.69) is 38.2 Å². The van der Waals surface area contributed by atoms with Crippen LogP contribution in [0.15, 0.2) is 0 Å². The smallest absolute Gasteiger partial charge is 0.176 e. The van der Waals surface area contributed by atoms with Crippen LogP contribution >= 0.6 is 0 Å². The van der Waals surface area contributed by atoms with Crippen LogP contribution in [0.1, 0.15) is 26.7 Å². The van der Waals surface area contributed by atoms with Crippen LogP contribution in [0.2, 0.25) is 0 Å². The number of rotatable bonds is 5. The zero-order chi connectivity index (χ0) is 9.56. The summed E-state index contributed by atoms with van der Waals surface area (Å²) in [5, 5.41) is 11.2. The fraction of sp³-hybridized carbons (Fsp3) is 0.889. The quantitative estimate of drug-likeness (QED) is 0.496. The van der Waals surface area contributed by atoms with Crippen LogP contribution in [0.5, 0.6) is 0 Å². The van der Waals surface area contributed by atoms with Gasteiger partial charge in [-0.05, 0) is 33.9 Å². The Morgan fingerprint density at radius 2 is 2.08 bits per heavy atom. The Morgan fingerprint density at radius 1 is 1.50 bits per heavy atom. The molecule has 0 aromatic heterocycles. The van der Waals surface area contributed by atoms with Gasteiger partial charge in [-0.1, -0.05) is 6.92 Å². The Balaban J connectivity index is 3.78. The molecule has 70 valence electrons. The first-order valence-corrected chi connectivity index (χ1v) is 4.42. The van der Waals surface area contributed by atoms with E-state index in [1.807, 2.05) is 6.19 Å². The summed E-state index contributed by atoms with van der Waals surface area (Å²) >= 11 is 0. The monoisotopic (exact) mass is 169 g/mol. The Morgan fingerprint density at radius 3 is 2.42 bits per heavy atom. The number of nitrogens with one attached hydrogen (secondary N) is 1. The van der Waals surface area contributed by atoms with Gasteiger partial charge in [0, 0.05) is 12.1 Å². The first kappa shape index (κ1) is 11.2. The van der Waals surface area contributed by atoms with Gasteiger partial charge in [-0.15, -0.1) is 0 Å². The molecule has 2 atom stereocenters. The second-order valence-electron chi connectivity index (χ2n) is 3.41. The average Bonchev–Trinajstić information content (AvgIpc) is 2.03. The van der Waals surface area contributed by atoms with Gasteiger partial charge in [0.2, 0.25) is 0 Å². The van der Waals surface area contributed by atoms with Crippen molar-refractivity contribution in [3.8, 4) is 6.19 Å². The SMILES string of the molecule is CCC(CC(C)N(C)C)NC#N. The molecule has 3 heteroatoms.